The van der Waals surface area contributed by atoms with Crippen LogP contribution in [0, 0.1) is 0 Å². The van der Waals surface area contributed by atoms with Crippen LogP contribution in [0.5, 0.6) is 0 Å². The average molecular weight is 364 g/mol. The van der Waals surface area contributed by atoms with Crippen molar-refractivity contribution in [2.24, 2.45) is 5.73 Å². The number of fused-ring (bicyclic) bond motifs is 3. The largest absolute Gasteiger partial charge is 0.304 e. The summed E-state index contributed by atoms with van der Waals surface area (Å²) in [5.41, 5.74) is 7.52. The second kappa shape index (κ2) is 7.72. The Morgan fingerprint density at radius 3 is 2.81 bits per heavy atom. The molecule has 0 bridgehead atoms. The monoisotopic (exact) mass is 363 g/mol. The van der Waals surface area contributed by atoms with Crippen molar-refractivity contribution >= 4 is 31.5 Å². The van der Waals surface area contributed by atoms with Crippen LogP contribution in [0.25, 0.3) is 20.2 Å². The number of hydrogen-bond donors (Lipinski definition) is 3. The summed E-state index contributed by atoms with van der Waals surface area (Å²) in [4.78, 5) is 0. The molecule has 0 radical (unpaired) electrons. The van der Waals surface area contributed by atoms with E-state index < -0.39 is 0 Å². The van der Waals surface area contributed by atoms with Crippen LogP contribution in [0.1, 0.15) is 31.4 Å². The SMILES string of the molecule is C/C=C\C=C/CC1CC(c2ccc3c(c2)sc2ccccc23)NC(N)N1. The number of benzene rings is 2. The number of allylic oxidation sites excluding steroid dienone is 3. The van der Waals surface area contributed by atoms with Crippen LogP contribution in [-0.2, 0) is 0 Å². The Hall–Kier alpha value is -1.98. The Balaban J connectivity index is 1.58. The van der Waals surface area contributed by atoms with E-state index in [1.807, 2.05) is 24.3 Å². The quantitative estimate of drug-likeness (QED) is 0.583. The Morgan fingerprint density at radius 1 is 1.08 bits per heavy atom. The minimum absolute atomic E-state index is 0.174. The molecule has 0 amide bonds. The number of rotatable bonds is 4. The molecule has 0 aliphatic carbocycles. The van der Waals surface area contributed by atoms with Crippen molar-refractivity contribution in [3.63, 3.8) is 0 Å². The maximum Gasteiger partial charge on any atom is 0.110 e. The van der Waals surface area contributed by atoms with E-state index in [1.54, 1.807) is 0 Å². The maximum atomic E-state index is 6.20. The van der Waals surface area contributed by atoms with Crippen molar-refractivity contribution in [1.29, 1.82) is 0 Å². The lowest BCUT2D eigenvalue weighted by Gasteiger charge is -2.35. The van der Waals surface area contributed by atoms with E-state index in [0.717, 1.165) is 12.8 Å². The lowest BCUT2D eigenvalue weighted by molar-refractivity contribution is 0.248. The van der Waals surface area contributed by atoms with Crippen molar-refractivity contribution < 1.29 is 0 Å². The predicted octanol–water partition coefficient (Wildman–Crippen LogP) is 4.81. The summed E-state index contributed by atoms with van der Waals surface area (Å²) >= 11 is 1.87. The highest BCUT2D eigenvalue weighted by Gasteiger charge is 2.26. The third-order valence-corrected chi connectivity index (χ3v) is 6.12. The Bertz CT molecular complexity index is 956. The van der Waals surface area contributed by atoms with Gasteiger partial charge in [0, 0.05) is 32.3 Å². The fraction of sp³-hybridized carbons (Fsp3) is 0.273. The molecule has 1 aliphatic heterocycles. The highest BCUT2D eigenvalue weighted by atomic mass is 32.1. The molecular formula is C22H25N3S. The molecule has 1 saturated heterocycles. The zero-order chi connectivity index (χ0) is 17.9. The number of nitrogens with one attached hydrogen (secondary N) is 2. The summed E-state index contributed by atoms with van der Waals surface area (Å²) in [6.07, 6.45) is 10.3. The van der Waals surface area contributed by atoms with Gasteiger partial charge in [0.2, 0.25) is 0 Å². The molecule has 4 N–H and O–H groups in total. The zero-order valence-corrected chi connectivity index (χ0v) is 15.8. The third kappa shape index (κ3) is 3.60. The molecule has 4 heteroatoms. The molecule has 3 unspecified atom stereocenters. The topological polar surface area (TPSA) is 50.1 Å². The molecule has 2 heterocycles. The van der Waals surface area contributed by atoms with Gasteiger partial charge in [0.15, 0.2) is 0 Å². The van der Waals surface area contributed by atoms with E-state index in [9.17, 15) is 0 Å². The molecule has 0 spiro atoms. The molecule has 1 aliphatic rings. The van der Waals surface area contributed by atoms with Crippen molar-refractivity contribution in [2.45, 2.75) is 38.1 Å². The molecule has 26 heavy (non-hydrogen) atoms. The first-order chi connectivity index (χ1) is 12.7. The van der Waals surface area contributed by atoms with Crippen molar-refractivity contribution in [2.75, 3.05) is 0 Å². The van der Waals surface area contributed by atoms with Gasteiger partial charge < -0.3 is 5.73 Å². The van der Waals surface area contributed by atoms with Gasteiger partial charge >= 0.3 is 0 Å². The van der Waals surface area contributed by atoms with E-state index in [1.165, 1.54) is 25.7 Å². The molecule has 3 nitrogen and oxygen atoms in total. The average Bonchev–Trinajstić information content (AvgIpc) is 3.02. The van der Waals surface area contributed by atoms with Gasteiger partial charge in [0.05, 0.1) is 0 Å². The van der Waals surface area contributed by atoms with Crippen LogP contribution in [0.2, 0.25) is 0 Å². The lowest BCUT2D eigenvalue weighted by atomic mass is 9.94. The van der Waals surface area contributed by atoms with Crippen LogP contribution in [-0.4, -0.2) is 12.3 Å². The van der Waals surface area contributed by atoms with Crippen LogP contribution in [0.4, 0.5) is 0 Å². The van der Waals surface area contributed by atoms with Gasteiger partial charge in [-0.15, -0.1) is 11.3 Å². The second-order valence-electron chi connectivity index (χ2n) is 6.84. The molecule has 3 atom stereocenters. The van der Waals surface area contributed by atoms with E-state index in [-0.39, 0.29) is 12.3 Å². The van der Waals surface area contributed by atoms with Crippen LogP contribution in [0.3, 0.4) is 0 Å². The normalized spacial score (nSPS) is 24.3. The molecular weight excluding hydrogens is 338 g/mol. The van der Waals surface area contributed by atoms with Crippen LogP contribution < -0.4 is 16.4 Å². The third-order valence-electron chi connectivity index (χ3n) is 4.98. The van der Waals surface area contributed by atoms with Gasteiger partial charge in [0.1, 0.15) is 6.29 Å². The first kappa shape index (κ1) is 17.4. The lowest BCUT2D eigenvalue weighted by Crippen LogP contribution is -2.59. The molecule has 1 fully saturated rings. The smallest absolute Gasteiger partial charge is 0.110 e. The second-order valence-corrected chi connectivity index (χ2v) is 7.92. The minimum Gasteiger partial charge on any atom is -0.304 e. The predicted molar refractivity (Wildman–Crippen MR) is 113 cm³/mol. The van der Waals surface area contributed by atoms with Crippen molar-refractivity contribution in [3.8, 4) is 0 Å². The van der Waals surface area contributed by atoms with Gasteiger partial charge in [-0.2, -0.15) is 0 Å². The Morgan fingerprint density at radius 2 is 1.92 bits per heavy atom. The fourth-order valence-corrected chi connectivity index (χ4v) is 4.88. The van der Waals surface area contributed by atoms with Crippen LogP contribution in [0.15, 0.2) is 66.8 Å². The first-order valence-electron chi connectivity index (χ1n) is 9.21. The van der Waals surface area contributed by atoms with Gasteiger partial charge in [-0.3, -0.25) is 10.6 Å². The maximum absolute atomic E-state index is 6.20. The molecule has 4 rings (SSSR count). The van der Waals surface area contributed by atoms with E-state index in [0.29, 0.717) is 6.04 Å². The molecule has 1 aromatic heterocycles. The van der Waals surface area contributed by atoms with Gasteiger partial charge in [-0.05, 0) is 37.5 Å². The molecule has 134 valence electrons. The fourth-order valence-electron chi connectivity index (χ4n) is 3.73. The Labute approximate surface area is 158 Å². The summed E-state index contributed by atoms with van der Waals surface area (Å²) in [6, 6.07) is 16.1. The number of nitrogens with two attached hydrogens (primary N) is 1. The number of thiophene rings is 1. The molecule has 3 aromatic rings. The summed E-state index contributed by atoms with van der Waals surface area (Å²) in [5.74, 6) is 0. The zero-order valence-electron chi connectivity index (χ0n) is 15.0. The summed E-state index contributed by atoms with van der Waals surface area (Å²) in [5, 5.41) is 9.64. The summed E-state index contributed by atoms with van der Waals surface area (Å²) in [6.45, 7) is 2.03. The van der Waals surface area contributed by atoms with Gasteiger partial charge in [-0.1, -0.05) is 54.6 Å². The van der Waals surface area contributed by atoms with E-state index >= 15 is 0 Å². The summed E-state index contributed by atoms with van der Waals surface area (Å²) in [7, 11) is 0. The molecule has 2 aromatic carbocycles. The van der Waals surface area contributed by atoms with E-state index in [2.05, 4.69) is 71.3 Å². The first-order valence-corrected chi connectivity index (χ1v) is 10.0. The minimum atomic E-state index is -0.174. The highest BCUT2D eigenvalue weighted by Crippen LogP contribution is 2.36. The highest BCUT2D eigenvalue weighted by molar-refractivity contribution is 7.25. The van der Waals surface area contributed by atoms with Crippen molar-refractivity contribution in [1.82, 2.24) is 10.6 Å². The summed E-state index contributed by atoms with van der Waals surface area (Å²) < 4.78 is 2.70. The van der Waals surface area contributed by atoms with E-state index in [4.69, 9.17) is 5.73 Å². The molecule has 0 saturated carbocycles. The van der Waals surface area contributed by atoms with Crippen molar-refractivity contribution in [3.05, 3.63) is 72.3 Å². The van der Waals surface area contributed by atoms with Gasteiger partial charge in [0.25, 0.3) is 0 Å². The van der Waals surface area contributed by atoms with Gasteiger partial charge in [-0.25, -0.2) is 0 Å². The van der Waals surface area contributed by atoms with Crippen LogP contribution >= 0.6 is 11.3 Å². The standard InChI is InChI=1S/C22H25N3S/c1-2-3-4-5-8-16-14-19(25-22(23)24-16)15-11-12-18-17-9-6-7-10-20(17)26-21(18)13-15/h2-7,9-13,16,19,22,24-25H,8,14,23H2,1H3/b3-2-,5-4-. The number of hydrogen-bond acceptors (Lipinski definition) is 4. The Kier molecular flexibility index (Phi) is 5.18.